The van der Waals surface area contributed by atoms with Gasteiger partial charge in [0, 0.05) is 37.8 Å². The van der Waals surface area contributed by atoms with Gasteiger partial charge in [-0.3, -0.25) is 0 Å². The number of aromatic nitrogens is 3. The van der Waals surface area contributed by atoms with Crippen molar-refractivity contribution in [1.29, 1.82) is 0 Å². The fraction of sp³-hybridized carbons (Fsp3) is 0.600. The molecule has 1 saturated heterocycles. The summed E-state index contributed by atoms with van der Waals surface area (Å²) in [5, 5.41) is 13.7. The molecule has 148 valence electrons. The Balaban J connectivity index is 1.47. The highest BCUT2D eigenvalue weighted by Gasteiger charge is 2.55. The molecule has 4 rings (SSSR count). The predicted octanol–water partition coefficient (Wildman–Crippen LogP) is 1.36. The van der Waals surface area contributed by atoms with E-state index in [4.69, 9.17) is 16.7 Å². The lowest BCUT2D eigenvalue weighted by molar-refractivity contribution is -0.00407. The van der Waals surface area contributed by atoms with Gasteiger partial charge in [-0.05, 0) is 12.8 Å². The average molecular weight is 421 g/mol. The minimum atomic E-state index is -4.15. The van der Waals surface area contributed by atoms with Gasteiger partial charge in [0.25, 0.3) is 16.6 Å². The van der Waals surface area contributed by atoms with Crippen LogP contribution in [0.2, 0.25) is 5.02 Å². The highest BCUT2D eigenvalue weighted by molar-refractivity contribution is 7.86. The Kier molecular flexibility index (Phi) is 4.33. The third-order valence-electron chi connectivity index (χ3n) is 5.47. The molecule has 1 aliphatic carbocycles. The molecule has 1 aliphatic heterocycles. The monoisotopic (exact) mass is 420 g/mol. The predicted molar refractivity (Wildman–Crippen MR) is 97.0 cm³/mol. The SMILES string of the molecule is Cn1cc(Cl)c2nncc(N3CC4(CC(N(CC(F)F)S(N)(=O)=O)C4)C3)c21. The number of aryl methyl sites for hydroxylation is 1. The molecule has 2 fully saturated rings. The molecule has 0 radical (unpaired) electrons. The minimum absolute atomic E-state index is 0.0831. The molecular weight excluding hydrogens is 402 g/mol. The van der Waals surface area contributed by atoms with E-state index in [0.29, 0.717) is 36.5 Å². The van der Waals surface area contributed by atoms with Crippen LogP contribution >= 0.6 is 11.6 Å². The van der Waals surface area contributed by atoms with Gasteiger partial charge in [0.1, 0.15) is 5.52 Å². The molecule has 0 aromatic carbocycles. The van der Waals surface area contributed by atoms with E-state index in [9.17, 15) is 17.2 Å². The number of rotatable bonds is 5. The number of fused-ring (bicyclic) bond motifs is 1. The standard InChI is InChI=1S/C15H19ClF2N6O2S/c1-22-5-10(16)13-14(22)11(4-20-21-13)23-7-15(8-23)2-9(3-15)24(6-12(17)18)27(19,25)26/h4-5,9,12H,2-3,6-8H2,1H3,(H2,19,25,26). The van der Waals surface area contributed by atoms with Gasteiger partial charge in [-0.1, -0.05) is 11.6 Å². The summed E-state index contributed by atoms with van der Waals surface area (Å²) in [5.74, 6) is 0. The molecule has 12 heteroatoms. The van der Waals surface area contributed by atoms with Crippen molar-refractivity contribution >= 4 is 38.5 Å². The van der Waals surface area contributed by atoms with Crippen molar-refractivity contribution in [1.82, 2.24) is 19.1 Å². The van der Waals surface area contributed by atoms with E-state index < -0.39 is 29.2 Å². The second-order valence-electron chi connectivity index (χ2n) is 7.44. The van der Waals surface area contributed by atoms with Gasteiger partial charge in [0.2, 0.25) is 0 Å². The largest absolute Gasteiger partial charge is 0.367 e. The summed E-state index contributed by atoms with van der Waals surface area (Å²) >= 11 is 6.17. The van der Waals surface area contributed by atoms with E-state index in [1.54, 1.807) is 12.4 Å². The van der Waals surface area contributed by atoms with E-state index in [-0.39, 0.29) is 5.41 Å². The van der Waals surface area contributed by atoms with Crippen molar-refractivity contribution in [3.8, 4) is 0 Å². The van der Waals surface area contributed by atoms with Crippen molar-refractivity contribution in [3.63, 3.8) is 0 Å². The van der Waals surface area contributed by atoms with E-state index in [1.807, 2.05) is 11.6 Å². The molecule has 1 spiro atoms. The summed E-state index contributed by atoms with van der Waals surface area (Å²) in [7, 11) is -2.27. The van der Waals surface area contributed by atoms with E-state index in [0.717, 1.165) is 15.5 Å². The van der Waals surface area contributed by atoms with Gasteiger partial charge in [-0.2, -0.15) is 17.8 Å². The Hall–Kier alpha value is -1.56. The molecule has 8 nitrogen and oxygen atoms in total. The topological polar surface area (TPSA) is 97.3 Å². The van der Waals surface area contributed by atoms with E-state index in [1.165, 1.54) is 0 Å². The van der Waals surface area contributed by atoms with Gasteiger partial charge < -0.3 is 9.47 Å². The molecule has 2 aromatic rings. The highest BCUT2D eigenvalue weighted by Crippen LogP contribution is 2.52. The molecule has 3 heterocycles. The van der Waals surface area contributed by atoms with Crippen molar-refractivity contribution < 1.29 is 17.2 Å². The fourth-order valence-electron chi connectivity index (χ4n) is 4.34. The summed E-state index contributed by atoms with van der Waals surface area (Å²) in [6, 6.07) is -0.476. The maximum Gasteiger partial charge on any atom is 0.277 e. The normalized spacial score (nSPS) is 19.9. The Bertz CT molecular complexity index is 984. The number of nitrogens with two attached hydrogens (primary N) is 1. The first-order valence-corrected chi connectivity index (χ1v) is 10.3. The Morgan fingerprint density at radius 3 is 2.70 bits per heavy atom. The van der Waals surface area contributed by atoms with Crippen molar-refractivity contribution in [2.24, 2.45) is 17.6 Å². The molecule has 0 atom stereocenters. The third-order valence-corrected chi connectivity index (χ3v) is 6.85. The quantitative estimate of drug-likeness (QED) is 0.787. The average Bonchev–Trinajstić information content (AvgIpc) is 2.77. The highest BCUT2D eigenvalue weighted by atomic mass is 35.5. The van der Waals surface area contributed by atoms with E-state index in [2.05, 4.69) is 15.1 Å². The van der Waals surface area contributed by atoms with Crippen LogP contribution in [0.1, 0.15) is 12.8 Å². The molecule has 1 saturated carbocycles. The molecule has 2 N–H and O–H groups in total. The molecule has 2 aromatic heterocycles. The van der Waals surface area contributed by atoms with Crippen LogP contribution in [0.5, 0.6) is 0 Å². The summed E-state index contributed by atoms with van der Waals surface area (Å²) < 4.78 is 51.3. The van der Waals surface area contributed by atoms with Gasteiger partial charge in [0.05, 0.1) is 29.0 Å². The zero-order valence-corrected chi connectivity index (χ0v) is 16.1. The Morgan fingerprint density at radius 1 is 1.44 bits per heavy atom. The van der Waals surface area contributed by atoms with Crippen LogP contribution in [0.4, 0.5) is 14.5 Å². The van der Waals surface area contributed by atoms with Crippen LogP contribution in [-0.2, 0) is 17.3 Å². The van der Waals surface area contributed by atoms with Gasteiger partial charge in [0.15, 0.2) is 0 Å². The van der Waals surface area contributed by atoms with Crippen molar-refractivity contribution in [2.45, 2.75) is 25.3 Å². The molecule has 27 heavy (non-hydrogen) atoms. The maximum absolute atomic E-state index is 12.7. The van der Waals surface area contributed by atoms with Gasteiger partial charge in [-0.25, -0.2) is 13.9 Å². The zero-order chi connectivity index (χ0) is 19.6. The Labute approximate surface area is 160 Å². The first kappa shape index (κ1) is 18.8. The lowest BCUT2D eigenvalue weighted by atomic mass is 9.60. The van der Waals surface area contributed by atoms with Crippen LogP contribution in [0, 0.1) is 5.41 Å². The summed E-state index contributed by atoms with van der Waals surface area (Å²) in [6.45, 7) is 0.528. The molecule has 0 unspecified atom stereocenters. The summed E-state index contributed by atoms with van der Waals surface area (Å²) in [5.41, 5.74) is 2.32. The maximum atomic E-state index is 12.7. The van der Waals surface area contributed by atoms with E-state index >= 15 is 0 Å². The first-order valence-electron chi connectivity index (χ1n) is 8.38. The van der Waals surface area contributed by atoms with Crippen LogP contribution in [0.25, 0.3) is 11.0 Å². The van der Waals surface area contributed by atoms with Crippen molar-refractivity contribution in [3.05, 3.63) is 17.4 Å². The van der Waals surface area contributed by atoms with Crippen LogP contribution in [0.15, 0.2) is 12.4 Å². The number of alkyl halides is 2. The van der Waals surface area contributed by atoms with Gasteiger partial charge in [-0.15, -0.1) is 5.10 Å². The summed E-state index contributed by atoms with van der Waals surface area (Å²) in [4.78, 5) is 2.12. The van der Waals surface area contributed by atoms with Crippen LogP contribution < -0.4 is 10.0 Å². The number of anilines is 1. The first-order chi connectivity index (χ1) is 12.6. The Morgan fingerprint density at radius 2 is 2.11 bits per heavy atom. The minimum Gasteiger partial charge on any atom is -0.367 e. The molecule has 0 amide bonds. The summed E-state index contributed by atoms with van der Waals surface area (Å²) in [6.07, 6.45) is 1.73. The zero-order valence-electron chi connectivity index (χ0n) is 14.5. The lowest BCUT2D eigenvalue weighted by Crippen LogP contribution is -2.68. The number of halogens is 3. The van der Waals surface area contributed by atoms with Gasteiger partial charge >= 0.3 is 0 Å². The molecule has 0 bridgehead atoms. The number of nitrogens with zero attached hydrogens (tertiary/aromatic N) is 5. The molecular formula is C15H19ClF2N6O2S. The molecule has 2 aliphatic rings. The smallest absolute Gasteiger partial charge is 0.277 e. The second kappa shape index (κ2) is 6.23. The number of hydrogen-bond acceptors (Lipinski definition) is 5. The fourth-order valence-corrected chi connectivity index (χ4v) is 5.50. The van der Waals surface area contributed by atoms with Crippen LogP contribution in [0.3, 0.4) is 0 Å². The van der Waals surface area contributed by atoms with Crippen molar-refractivity contribution in [2.75, 3.05) is 24.5 Å². The van der Waals surface area contributed by atoms with Crippen LogP contribution in [-0.4, -0.2) is 59.6 Å². The lowest BCUT2D eigenvalue weighted by Gasteiger charge is -2.61. The number of hydrogen-bond donors (Lipinski definition) is 1. The third kappa shape index (κ3) is 3.16. The second-order valence-corrected chi connectivity index (χ2v) is 9.34.